The molecular formula is C17H23N3O4S. The molecule has 0 spiro atoms. The summed E-state index contributed by atoms with van der Waals surface area (Å²) in [4.78, 5) is 33.2. The Morgan fingerprint density at radius 2 is 2.08 bits per heavy atom. The summed E-state index contributed by atoms with van der Waals surface area (Å²) in [6.45, 7) is 8.01. The predicted octanol–water partition coefficient (Wildman–Crippen LogP) is 3.48. The van der Waals surface area contributed by atoms with Crippen molar-refractivity contribution in [2.75, 3.05) is 11.9 Å². The molecule has 2 rings (SSSR count). The molecule has 0 saturated heterocycles. The number of aryl methyl sites for hydroxylation is 1. The molecule has 7 nitrogen and oxygen atoms in total. The first-order valence-corrected chi connectivity index (χ1v) is 9.07. The summed E-state index contributed by atoms with van der Waals surface area (Å²) >= 11 is 1.23. The van der Waals surface area contributed by atoms with E-state index in [0.29, 0.717) is 39.5 Å². The fraction of sp³-hybridized carbons (Fsp3) is 0.529. The minimum atomic E-state index is -0.932. The van der Waals surface area contributed by atoms with Crippen LogP contribution in [0.5, 0.6) is 0 Å². The van der Waals surface area contributed by atoms with Crippen LogP contribution in [0.4, 0.5) is 5.82 Å². The van der Waals surface area contributed by atoms with E-state index in [0.717, 1.165) is 6.42 Å². The Balaban J connectivity index is 2.37. The fourth-order valence-electron chi connectivity index (χ4n) is 2.39. The van der Waals surface area contributed by atoms with Gasteiger partial charge >= 0.3 is 11.9 Å². The number of thiophene rings is 1. The SMILES string of the molecule is CCCC(Nc1ncnc2sc(C(=O)OCC(C)C)c(C)c12)C(=O)O. The van der Waals surface area contributed by atoms with E-state index in [1.165, 1.54) is 17.7 Å². The molecule has 136 valence electrons. The van der Waals surface area contributed by atoms with Crippen molar-refractivity contribution in [1.29, 1.82) is 0 Å². The number of rotatable bonds is 8. The zero-order valence-corrected chi connectivity index (χ0v) is 15.6. The van der Waals surface area contributed by atoms with Crippen LogP contribution in [0.15, 0.2) is 6.33 Å². The molecule has 0 aromatic carbocycles. The first kappa shape index (κ1) is 19.1. The van der Waals surface area contributed by atoms with Crippen molar-refractivity contribution < 1.29 is 19.4 Å². The van der Waals surface area contributed by atoms with E-state index < -0.39 is 12.0 Å². The molecule has 0 aliphatic rings. The standard InChI is InChI=1S/C17H23N3O4S/c1-5-6-11(16(21)22)20-14-12-10(4)13(17(23)24-7-9(2)3)25-15(12)19-8-18-14/h8-9,11H,5-7H2,1-4H3,(H,21,22)(H,18,19,20). The summed E-state index contributed by atoms with van der Waals surface area (Å²) < 4.78 is 5.31. The Bertz CT molecular complexity index is 773. The number of hydrogen-bond acceptors (Lipinski definition) is 7. The Hall–Kier alpha value is -2.22. The molecular weight excluding hydrogens is 342 g/mol. The summed E-state index contributed by atoms with van der Waals surface area (Å²) in [5.74, 6) is -0.634. The first-order valence-electron chi connectivity index (χ1n) is 8.25. The molecule has 2 heterocycles. The van der Waals surface area contributed by atoms with Crippen LogP contribution >= 0.6 is 11.3 Å². The maximum atomic E-state index is 12.3. The van der Waals surface area contributed by atoms with Gasteiger partial charge < -0.3 is 15.2 Å². The van der Waals surface area contributed by atoms with Crippen LogP contribution in [-0.2, 0) is 9.53 Å². The molecule has 2 aromatic heterocycles. The second-order valence-electron chi connectivity index (χ2n) is 6.27. The maximum absolute atomic E-state index is 12.3. The fourth-order valence-corrected chi connectivity index (χ4v) is 3.44. The number of hydrogen-bond donors (Lipinski definition) is 2. The number of carbonyl (C=O) groups excluding carboxylic acids is 1. The van der Waals surface area contributed by atoms with E-state index in [-0.39, 0.29) is 11.9 Å². The van der Waals surface area contributed by atoms with E-state index in [9.17, 15) is 14.7 Å². The van der Waals surface area contributed by atoms with Crippen LogP contribution in [0, 0.1) is 12.8 Å². The van der Waals surface area contributed by atoms with Gasteiger partial charge in [0.15, 0.2) is 0 Å². The van der Waals surface area contributed by atoms with Gasteiger partial charge in [-0.1, -0.05) is 27.2 Å². The minimum absolute atomic E-state index is 0.251. The number of ether oxygens (including phenoxy) is 1. The summed E-state index contributed by atoms with van der Waals surface area (Å²) in [5, 5.41) is 13.0. The molecule has 25 heavy (non-hydrogen) atoms. The molecule has 0 aliphatic heterocycles. The molecule has 0 radical (unpaired) electrons. The number of esters is 1. The summed E-state index contributed by atoms with van der Waals surface area (Å²) in [6.07, 6.45) is 2.58. The lowest BCUT2D eigenvalue weighted by Gasteiger charge is -2.14. The number of carbonyl (C=O) groups is 2. The van der Waals surface area contributed by atoms with Crippen molar-refractivity contribution in [3.8, 4) is 0 Å². The molecule has 0 bridgehead atoms. The van der Waals surface area contributed by atoms with E-state index in [1.807, 2.05) is 20.8 Å². The second-order valence-corrected chi connectivity index (χ2v) is 7.27. The number of nitrogens with one attached hydrogen (secondary N) is 1. The van der Waals surface area contributed by atoms with Crippen LogP contribution < -0.4 is 5.32 Å². The lowest BCUT2D eigenvalue weighted by atomic mass is 10.1. The highest BCUT2D eigenvalue weighted by atomic mass is 32.1. The molecule has 2 N–H and O–H groups in total. The van der Waals surface area contributed by atoms with E-state index in [4.69, 9.17) is 4.74 Å². The molecule has 1 atom stereocenters. The van der Waals surface area contributed by atoms with Crippen LogP contribution in [-0.4, -0.2) is 39.7 Å². The lowest BCUT2D eigenvalue weighted by Crippen LogP contribution is -2.29. The largest absolute Gasteiger partial charge is 0.480 e. The Kier molecular flexibility index (Phi) is 6.30. The van der Waals surface area contributed by atoms with Crippen LogP contribution in [0.3, 0.4) is 0 Å². The number of nitrogens with zero attached hydrogens (tertiary/aromatic N) is 2. The normalized spacial score (nSPS) is 12.4. The van der Waals surface area contributed by atoms with Gasteiger partial charge in [0, 0.05) is 0 Å². The molecule has 0 saturated carbocycles. The highest BCUT2D eigenvalue weighted by Crippen LogP contribution is 2.34. The average Bonchev–Trinajstić information content (AvgIpc) is 2.90. The zero-order valence-electron chi connectivity index (χ0n) is 14.8. The number of anilines is 1. The highest BCUT2D eigenvalue weighted by Gasteiger charge is 2.23. The smallest absolute Gasteiger partial charge is 0.348 e. The van der Waals surface area contributed by atoms with Crippen molar-refractivity contribution in [3.63, 3.8) is 0 Å². The highest BCUT2D eigenvalue weighted by molar-refractivity contribution is 7.20. The summed E-state index contributed by atoms with van der Waals surface area (Å²) in [6, 6.07) is -0.737. The maximum Gasteiger partial charge on any atom is 0.348 e. The predicted molar refractivity (Wildman–Crippen MR) is 97.2 cm³/mol. The zero-order chi connectivity index (χ0) is 18.6. The van der Waals surface area contributed by atoms with Gasteiger partial charge in [-0.05, 0) is 24.8 Å². The van der Waals surface area contributed by atoms with Crippen molar-refractivity contribution in [1.82, 2.24) is 9.97 Å². The molecule has 1 unspecified atom stereocenters. The third-order valence-electron chi connectivity index (χ3n) is 3.65. The van der Waals surface area contributed by atoms with Crippen molar-refractivity contribution in [2.24, 2.45) is 5.92 Å². The van der Waals surface area contributed by atoms with Gasteiger partial charge in [-0.15, -0.1) is 11.3 Å². The van der Waals surface area contributed by atoms with Crippen LogP contribution in [0.25, 0.3) is 10.2 Å². The van der Waals surface area contributed by atoms with Crippen LogP contribution in [0.2, 0.25) is 0 Å². The number of carboxylic acid groups (broad SMARTS) is 1. The Morgan fingerprint density at radius 3 is 2.68 bits per heavy atom. The first-order chi connectivity index (χ1) is 11.8. The topological polar surface area (TPSA) is 101 Å². The third-order valence-corrected chi connectivity index (χ3v) is 4.83. The van der Waals surface area contributed by atoms with Gasteiger partial charge in [0.1, 0.15) is 27.9 Å². The van der Waals surface area contributed by atoms with Gasteiger partial charge in [0.05, 0.1) is 12.0 Å². The molecule has 8 heteroatoms. The van der Waals surface area contributed by atoms with Crippen molar-refractivity contribution >= 4 is 39.3 Å². The Morgan fingerprint density at radius 1 is 1.36 bits per heavy atom. The van der Waals surface area contributed by atoms with Crippen LogP contribution in [0.1, 0.15) is 48.8 Å². The number of aliphatic carboxylic acids is 1. The van der Waals surface area contributed by atoms with Gasteiger partial charge in [0.25, 0.3) is 0 Å². The van der Waals surface area contributed by atoms with E-state index in [1.54, 1.807) is 6.92 Å². The number of aromatic nitrogens is 2. The average molecular weight is 365 g/mol. The van der Waals surface area contributed by atoms with Gasteiger partial charge in [-0.3, -0.25) is 0 Å². The minimum Gasteiger partial charge on any atom is -0.480 e. The number of carboxylic acids is 1. The van der Waals surface area contributed by atoms with E-state index in [2.05, 4.69) is 15.3 Å². The van der Waals surface area contributed by atoms with Gasteiger partial charge in [0.2, 0.25) is 0 Å². The van der Waals surface area contributed by atoms with Gasteiger partial charge in [-0.25, -0.2) is 19.6 Å². The quantitative estimate of drug-likeness (QED) is 0.691. The van der Waals surface area contributed by atoms with Crippen molar-refractivity contribution in [2.45, 2.75) is 46.6 Å². The lowest BCUT2D eigenvalue weighted by molar-refractivity contribution is -0.138. The second kappa shape index (κ2) is 8.24. The molecule has 2 aromatic rings. The summed E-state index contributed by atoms with van der Waals surface area (Å²) in [5.41, 5.74) is 0.706. The van der Waals surface area contributed by atoms with E-state index >= 15 is 0 Å². The number of fused-ring (bicyclic) bond motifs is 1. The molecule has 0 amide bonds. The monoisotopic (exact) mass is 365 g/mol. The molecule has 0 aliphatic carbocycles. The third kappa shape index (κ3) is 4.45. The molecule has 0 fully saturated rings. The summed E-state index contributed by atoms with van der Waals surface area (Å²) in [7, 11) is 0. The van der Waals surface area contributed by atoms with Gasteiger partial charge in [-0.2, -0.15) is 0 Å². The van der Waals surface area contributed by atoms with Crippen molar-refractivity contribution in [3.05, 3.63) is 16.8 Å². The Labute approximate surface area is 150 Å².